The molecule has 2 rings (SSSR count). The molecule has 4 nitrogen and oxygen atoms in total. The predicted octanol–water partition coefficient (Wildman–Crippen LogP) is 3.41. The van der Waals surface area contributed by atoms with Crippen LogP contribution in [0.15, 0.2) is 18.2 Å². The Labute approximate surface area is 137 Å². The summed E-state index contributed by atoms with van der Waals surface area (Å²) in [6.07, 6.45) is -4.54. The van der Waals surface area contributed by atoms with E-state index >= 15 is 0 Å². The summed E-state index contributed by atoms with van der Waals surface area (Å²) >= 11 is 5.55. The van der Waals surface area contributed by atoms with Gasteiger partial charge in [-0.15, -0.1) is 0 Å². The normalized spacial score (nSPS) is 22.9. The maximum Gasteiger partial charge on any atom is 0.417 e. The number of hydrogen-bond donors (Lipinski definition) is 1. The number of carbonyl (C=O) groups is 1. The van der Waals surface area contributed by atoms with Gasteiger partial charge in [-0.1, -0.05) is 11.6 Å². The molecule has 0 aliphatic carbocycles. The molecule has 0 spiro atoms. The minimum atomic E-state index is -4.56. The second-order valence-electron chi connectivity index (χ2n) is 5.69. The van der Waals surface area contributed by atoms with Crippen LogP contribution in [0.4, 0.5) is 18.9 Å². The molecule has 0 aromatic heterocycles. The Balaban J connectivity index is 2.00. The number of halogens is 4. The largest absolute Gasteiger partial charge is 0.417 e. The SMILES string of the molecule is CC1CN(CC(=O)Nc2ccc(Cl)c(C(F)(F)F)c2)CC(C)O1. The maximum absolute atomic E-state index is 12.8. The number of rotatable bonds is 3. The minimum Gasteiger partial charge on any atom is -0.373 e. The topological polar surface area (TPSA) is 41.6 Å². The van der Waals surface area contributed by atoms with Crippen molar-refractivity contribution in [2.45, 2.75) is 32.2 Å². The lowest BCUT2D eigenvalue weighted by Crippen LogP contribution is -2.48. The zero-order valence-corrected chi connectivity index (χ0v) is 13.5. The highest BCUT2D eigenvalue weighted by molar-refractivity contribution is 6.31. The van der Waals surface area contributed by atoms with Gasteiger partial charge < -0.3 is 10.1 Å². The van der Waals surface area contributed by atoms with Gasteiger partial charge in [-0.3, -0.25) is 9.69 Å². The van der Waals surface area contributed by atoms with Gasteiger partial charge in [0.1, 0.15) is 0 Å². The third kappa shape index (κ3) is 5.09. The number of benzene rings is 1. The summed E-state index contributed by atoms with van der Waals surface area (Å²) in [5.74, 6) is -0.373. The summed E-state index contributed by atoms with van der Waals surface area (Å²) in [5.41, 5.74) is -0.897. The average Bonchev–Trinajstić information content (AvgIpc) is 2.38. The second-order valence-corrected chi connectivity index (χ2v) is 6.10. The standard InChI is InChI=1S/C15H18ClF3N2O2/c1-9-6-21(7-10(2)23-9)8-14(22)20-11-3-4-13(16)12(5-11)15(17,18)19/h3-5,9-10H,6-8H2,1-2H3,(H,20,22). The Morgan fingerprint density at radius 2 is 1.96 bits per heavy atom. The van der Waals surface area contributed by atoms with E-state index in [2.05, 4.69) is 5.32 Å². The van der Waals surface area contributed by atoms with E-state index in [0.29, 0.717) is 13.1 Å². The molecule has 1 aliphatic heterocycles. The summed E-state index contributed by atoms with van der Waals surface area (Å²) in [4.78, 5) is 13.9. The number of nitrogens with zero attached hydrogens (tertiary/aromatic N) is 1. The van der Waals surface area contributed by atoms with Crippen molar-refractivity contribution in [1.82, 2.24) is 4.90 Å². The first-order chi connectivity index (χ1) is 10.6. The molecule has 0 bridgehead atoms. The van der Waals surface area contributed by atoms with Crippen molar-refractivity contribution in [2.24, 2.45) is 0 Å². The fourth-order valence-corrected chi connectivity index (χ4v) is 2.86. The third-order valence-electron chi connectivity index (χ3n) is 3.42. The molecule has 1 heterocycles. The Morgan fingerprint density at radius 3 is 2.52 bits per heavy atom. The van der Waals surface area contributed by atoms with Crippen LogP contribution in [-0.2, 0) is 15.7 Å². The summed E-state index contributed by atoms with van der Waals surface area (Å²) < 4.78 is 44.0. The van der Waals surface area contributed by atoms with Crippen LogP contribution in [0.3, 0.4) is 0 Å². The van der Waals surface area contributed by atoms with Crippen LogP contribution in [0.2, 0.25) is 5.02 Å². The molecule has 8 heteroatoms. The van der Waals surface area contributed by atoms with Gasteiger partial charge >= 0.3 is 6.18 Å². The van der Waals surface area contributed by atoms with E-state index in [-0.39, 0.29) is 30.3 Å². The van der Waals surface area contributed by atoms with Gasteiger partial charge in [0, 0.05) is 18.8 Å². The first-order valence-corrected chi connectivity index (χ1v) is 7.57. The molecule has 1 saturated heterocycles. The van der Waals surface area contributed by atoms with E-state index in [0.717, 1.165) is 12.1 Å². The Kier molecular flexibility index (Phi) is 5.54. The van der Waals surface area contributed by atoms with Crippen molar-refractivity contribution in [1.29, 1.82) is 0 Å². The van der Waals surface area contributed by atoms with Crippen LogP contribution in [0.25, 0.3) is 0 Å². The molecule has 1 amide bonds. The maximum atomic E-state index is 12.8. The molecule has 1 aromatic rings. The highest BCUT2D eigenvalue weighted by atomic mass is 35.5. The van der Waals surface area contributed by atoms with Crippen molar-refractivity contribution in [3.8, 4) is 0 Å². The van der Waals surface area contributed by atoms with Gasteiger partial charge in [-0.25, -0.2) is 0 Å². The molecule has 2 unspecified atom stereocenters. The highest BCUT2D eigenvalue weighted by Crippen LogP contribution is 2.36. The summed E-state index contributed by atoms with van der Waals surface area (Å²) in [6, 6.07) is 3.31. The van der Waals surface area contributed by atoms with Gasteiger partial charge in [0.05, 0.1) is 29.3 Å². The molecule has 0 saturated carbocycles. The molecular formula is C15H18ClF3N2O2. The van der Waals surface area contributed by atoms with E-state index in [1.165, 1.54) is 6.07 Å². The Bertz CT molecular complexity index is 570. The van der Waals surface area contributed by atoms with Gasteiger partial charge in [0.25, 0.3) is 0 Å². The number of ether oxygens (including phenoxy) is 1. The van der Waals surface area contributed by atoms with Crippen LogP contribution < -0.4 is 5.32 Å². The molecular weight excluding hydrogens is 333 g/mol. The second kappa shape index (κ2) is 7.07. The summed E-state index contributed by atoms with van der Waals surface area (Å²) in [6.45, 7) is 5.13. The van der Waals surface area contributed by atoms with Gasteiger partial charge in [0.2, 0.25) is 5.91 Å². The number of anilines is 1. The fourth-order valence-electron chi connectivity index (χ4n) is 2.64. The zero-order chi connectivity index (χ0) is 17.2. The fraction of sp³-hybridized carbons (Fsp3) is 0.533. The molecule has 1 aliphatic rings. The number of morpholine rings is 1. The lowest BCUT2D eigenvalue weighted by Gasteiger charge is -2.34. The van der Waals surface area contributed by atoms with E-state index in [1.54, 1.807) is 0 Å². The molecule has 1 aromatic carbocycles. The van der Waals surface area contributed by atoms with E-state index in [1.807, 2.05) is 18.7 Å². The van der Waals surface area contributed by atoms with Gasteiger partial charge in [-0.05, 0) is 32.0 Å². The van der Waals surface area contributed by atoms with Crippen molar-refractivity contribution < 1.29 is 22.7 Å². The van der Waals surface area contributed by atoms with Crippen LogP contribution >= 0.6 is 11.6 Å². The number of amides is 1. The monoisotopic (exact) mass is 350 g/mol. The Hall–Kier alpha value is -1.31. The number of nitrogens with one attached hydrogen (secondary N) is 1. The van der Waals surface area contributed by atoms with Gasteiger partial charge in [0.15, 0.2) is 0 Å². The average molecular weight is 351 g/mol. The molecule has 2 atom stereocenters. The molecule has 128 valence electrons. The molecule has 1 N–H and O–H groups in total. The van der Waals surface area contributed by atoms with E-state index < -0.39 is 16.8 Å². The van der Waals surface area contributed by atoms with E-state index in [4.69, 9.17) is 16.3 Å². The van der Waals surface area contributed by atoms with Gasteiger partial charge in [-0.2, -0.15) is 13.2 Å². The van der Waals surface area contributed by atoms with Crippen molar-refractivity contribution in [3.63, 3.8) is 0 Å². The first-order valence-electron chi connectivity index (χ1n) is 7.19. The lowest BCUT2D eigenvalue weighted by atomic mass is 10.2. The smallest absolute Gasteiger partial charge is 0.373 e. The van der Waals surface area contributed by atoms with Crippen molar-refractivity contribution >= 4 is 23.2 Å². The van der Waals surface area contributed by atoms with Crippen LogP contribution in [0, 0.1) is 0 Å². The summed E-state index contributed by atoms with van der Waals surface area (Å²) in [7, 11) is 0. The lowest BCUT2D eigenvalue weighted by molar-refractivity contribution is -0.137. The quantitative estimate of drug-likeness (QED) is 0.908. The first kappa shape index (κ1) is 18.0. The van der Waals surface area contributed by atoms with Crippen LogP contribution in [0.1, 0.15) is 19.4 Å². The third-order valence-corrected chi connectivity index (χ3v) is 3.75. The number of alkyl halides is 3. The molecule has 23 heavy (non-hydrogen) atoms. The Morgan fingerprint density at radius 1 is 1.35 bits per heavy atom. The summed E-state index contributed by atoms with van der Waals surface area (Å²) in [5, 5.41) is 2.08. The predicted molar refractivity (Wildman–Crippen MR) is 81.5 cm³/mol. The van der Waals surface area contributed by atoms with Crippen LogP contribution in [0.5, 0.6) is 0 Å². The van der Waals surface area contributed by atoms with Crippen molar-refractivity contribution in [3.05, 3.63) is 28.8 Å². The van der Waals surface area contributed by atoms with E-state index in [9.17, 15) is 18.0 Å². The van der Waals surface area contributed by atoms with Crippen LogP contribution in [-0.4, -0.2) is 42.6 Å². The number of hydrogen-bond acceptors (Lipinski definition) is 3. The zero-order valence-electron chi connectivity index (χ0n) is 12.8. The highest BCUT2D eigenvalue weighted by Gasteiger charge is 2.33. The van der Waals surface area contributed by atoms with Crippen molar-refractivity contribution in [2.75, 3.05) is 25.0 Å². The molecule has 0 radical (unpaired) electrons. The minimum absolute atomic E-state index is 0.0129. The number of carbonyl (C=O) groups excluding carboxylic acids is 1. The molecule has 1 fully saturated rings.